The molecule has 0 fully saturated rings. The number of halogens is 1. The van der Waals surface area contributed by atoms with E-state index in [2.05, 4.69) is 37.7 Å². The molecule has 0 radical (unpaired) electrons. The third-order valence-corrected chi connectivity index (χ3v) is 4.25. The first-order valence-corrected chi connectivity index (χ1v) is 6.64. The smallest absolute Gasteiger partial charge is 0.156 e. The normalized spacial score (nSPS) is 15.9. The van der Waals surface area contributed by atoms with E-state index in [1.165, 1.54) is 4.88 Å². The summed E-state index contributed by atoms with van der Waals surface area (Å²) in [5.41, 5.74) is 0. The van der Waals surface area contributed by atoms with E-state index < -0.39 is 0 Å². The zero-order valence-corrected chi connectivity index (χ0v) is 10.1. The molecule has 2 nitrogen and oxygen atoms in total. The molecular formula is C8H9BrN2S2. The first-order valence-electron chi connectivity index (χ1n) is 3.98. The molecule has 0 atom stereocenters. The number of nitrogens with zero attached hydrogens (tertiary/aromatic N) is 1. The summed E-state index contributed by atoms with van der Waals surface area (Å²) in [5, 5.41) is 6.50. The predicted octanol–water partition coefficient (Wildman–Crippen LogP) is 2.70. The van der Waals surface area contributed by atoms with Crippen LogP contribution in [0.3, 0.4) is 0 Å². The minimum absolute atomic E-state index is 0.891. The molecule has 5 heteroatoms. The summed E-state index contributed by atoms with van der Waals surface area (Å²) in [4.78, 5) is 5.65. The Bertz CT molecular complexity index is 322. The molecule has 1 aromatic rings. The van der Waals surface area contributed by atoms with Crippen molar-refractivity contribution in [1.82, 2.24) is 5.32 Å². The van der Waals surface area contributed by atoms with Crippen LogP contribution in [0.5, 0.6) is 0 Å². The molecular weight excluding hydrogens is 268 g/mol. The summed E-state index contributed by atoms with van der Waals surface area (Å²) in [6.07, 6.45) is 0. The van der Waals surface area contributed by atoms with Crippen LogP contribution in [0.25, 0.3) is 0 Å². The lowest BCUT2D eigenvalue weighted by molar-refractivity contribution is 0.942. The second-order valence-electron chi connectivity index (χ2n) is 2.62. The third-order valence-electron chi connectivity index (χ3n) is 1.62. The van der Waals surface area contributed by atoms with Gasteiger partial charge in [-0.3, -0.25) is 4.99 Å². The van der Waals surface area contributed by atoms with Gasteiger partial charge in [-0.2, -0.15) is 0 Å². The number of amidine groups is 1. The fourth-order valence-electron chi connectivity index (χ4n) is 1.05. The Morgan fingerprint density at radius 2 is 2.54 bits per heavy atom. The number of thiophene rings is 1. The van der Waals surface area contributed by atoms with Crippen LogP contribution in [0, 0.1) is 0 Å². The van der Waals surface area contributed by atoms with Crippen LogP contribution in [0.15, 0.2) is 20.9 Å². The molecule has 70 valence electrons. The van der Waals surface area contributed by atoms with E-state index in [-0.39, 0.29) is 0 Å². The first kappa shape index (κ1) is 9.55. The summed E-state index contributed by atoms with van der Waals surface area (Å²) in [5.74, 6) is 1.12. The average Bonchev–Trinajstić information content (AvgIpc) is 2.71. The Morgan fingerprint density at radius 3 is 3.15 bits per heavy atom. The molecule has 1 N–H and O–H groups in total. The van der Waals surface area contributed by atoms with Crippen molar-refractivity contribution in [2.45, 2.75) is 6.54 Å². The van der Waals surface area contributed by atoms with Crippen molar-refractivity contribution in [2.75, 3.05) is 12.3 Å². The molecule has 0 spiro atoms. The average molecular weight is 277 g/mol. The molecule has 1 aliphatic rings. The van der Waals surface area contributed by atoms with Gasteiger partial charge in [0.2, 0.25) is 0 Å². The van der Waals surface area contributed by atoms with Gasteiger partial charge in [0.25, 0.3) is 0 Å². The van der Waals surface area contributed by atoms with Gasteiger partial charge in [-0.15, -0.1) is 11.3 Å². The quantitative estimate of drug-likeness (QED) is 0.898. The van der Waals surface area contributed by atoms with Gasteiger partial charge in [0.15, 0.2) is 5.17 Å². The highest BCUT2D eigenvalue weighted by molar-refractivity contribution is 9.10. The molecule has 0 bridgehead atoms. The van der Waals surface area contributed by atoms with Crippen LogP contribution >= 0.6 is 39.0 Å². The maximum atomic E-state index is 4.32. The summed E-state index contributed by atoms with van der Waals surface area (Å²) in [7, 11) is 0. The largest absolute Gasteiger partial charge is 0.360 e. The Labute approximate surface area is 94.0 Å². The highest BCUT2D eigenvalue weighted by atomic mass is 79.9. The summed E-state index contributed by atoms with van der Waals surface area (Å²) in [6, 6.07) is 2.14. The van der Waals surface area contributed by atoms with Gasteiger partial charge in [-0.1, -0.05) is 11.8 Å². The van der Waals surface area contributed by atoms with Gasteiger partial charge < -0.3 is 5.32 Å². The Kier molecular flexibility index (Phi) is 3.29. The number of rotatable bonds is 2. The fraction of sp³-hybridized carbons (Fsp3) is 0.375. The second-order valence-corrected chi connectivity index (χ2v) is 5.62. The first-order chi connectivity index (χ1) is 6.34. The van der Waals surface area contributed by atoms with E-state index >= 15 is 0 Å². The van der Waals surface area contributed by atoms with E-state index in [9.17, 15) is 0 Å². The van der Waals surface area contributed by atoms with Gasteiger partial charge in [-0.05, 0) is 22.0 Å². The minimum Gasteiger partial charge on any atom is -0.360 e. The molecule has 0 saturated carbocycles. The van der Waals surface area contributed by atoms with Crippen LogP contribution in [0.2, 0.25) is 0 Å². The van der Waals surface area contributed by atoms with Crippen molar-refractivity contribution in [3.05, 3.63) is 20.8 Å². The Balaban J connectivity index is 1.85. The zero-order chi connectivity index (χ0) is 9.10. The van der Waals surface area contributed by atoms with Crippen molar-refractivity contribution < 1.29 is 0 Å². The molecule has 0 saturated heterocycles. The Morgan fingerprint density at radius 1 is 1.62 bits per heavy atom. The van der Waals surface area contributed by atoms with E-state index in [1.807, 2.05) is 0 Å². The molecule has 0 aliphatic carbocycles. The zero-order valence-electron chi connectivity index (χ0n) is 6.92. The molecule has 1 aromatic heterocycles. The fourth-order valence-corrected chi connectivity index (χ4v) is 3.17. The molecule has 1 aliphatic heterocycles. The lowest BCUT2D eigenvalue weighted by Crippen LogP contribution is -2.17. The maximum Gasteiger partial charge on any atom is 0.156 e. The predicted molar refractivity (Wildman–Crippen MR) is 63.6 cm³/mol. The SMILES string of the molecule is Brc1csc(CNC2=NCCS2)c1. The van der Waals surface area contributed by atoms with Crippen molar-refractivity contribution in [3.8, 4) is 0 Å². The highest BCUT2D eigenvalue weighted by Gasteiger charge is 2.06. The van der Waals surface area contributed by atoms with Crippen LogP contribution in [0.4, 0.5) is 0 Å². The van der Waals surface area contributed by atoms with Crippen molar-refractivity contribution in [1.29, 1.82) is 0 Å². The van der Waals surface area contributed by atoms with Crippen molar-refractivity contribution in [3.63, 3.8) is 0 Å². The van der Waals surface area contributed by atoms with Crippen LogP contribution in [-0.4, -0.2) is 17.5 Å². The van der Waals surface area contributed by atoms with Gasteiger partial charge in [0, 0.05) is 20.5 Å². The van der Waals surface area contributed by atoms with Crippen molar-refractivity contribution in [2.24, 2.45) is 4.99 Å². The lowest BCUT2D eigenvalue weighted by Gasteiger charge is -2.01. The molecule has 0 aromatic carbocycles. The van der Waals surface area contributed by atoms with Crippen LogP contribution in [-0.2, 0) is 6.54 Å². The third kappa shape index (κ3) is 2.72. The van der Waals surface area contributed by atoms with Gasteiger partial charge in [0.1, 0.15) is 0 Å². The topological polar surface area (TPSA) is 24.4 Å². The monoisotopic (exact) mass is 276 g/mol. The highest BCUT2D eigenvalue weighted by Crippen LogP contribution is 2.20. The number of hydrogen-bond donors (Lipinski definition) is 1. The van der Waals surface area contributed by atoms with Crippen LogP contribution < -0.4 is 5.32 Å². The molecule has 0 unspecified atom stereocenters. The number of aliphatic imine (C=N–C) groups is 1. The van der Waals surface area contributed by atoms with E-state index in [1.54, 1.807) is 23.1 Å². The van der Waals surface area contributed by atoms with Gasteiger partial charge >= 0.3 is 0 Å². The van der Waals surface area contributed by atoms with Gasteiger partial charge in [0.05, 0.1) is 13.1 Å². The minimum atomic E-state index is 0.891. The van der Waals surface area contributed by atoms with E-state index in [0.29, 0.717) is 0 Å². The Hall–Kier alpha value is -0.000000000000000111. The summed E-state index contributed by atoms with van der Waals surface area (Å²) >= 11 is 6.99. The van der Waals surface area contributed by atoms with E-state index in [0.717, 1.165) is 28.5 Å². The van der Waals surface area contributed by atoms with Crippen LogP contribution in [0.1, 0.15) is 4.88 Å². The molecule has 2 heterocycles. The number of hydrogen-bond acceptors (Lipinski definition) is 4. The summed E-state index contributed by atoms with van der Waals surface area (Å²) < 4.78 is 1.16. The molecule has 0 amide bonds. The standard InChI is InChI=1S/C8H9BrN2S2/c9-6-3-7(13-5-6)4-11-8-10-1-2-12-8/h3,5H,1-2,4H2,(H,10,11). The number of thioether (sulfide) groups is 1. The maximum absolute atomic E-state index is 4.32. The summed E-state index contributed by atoms with van der Waals surface area (Å²) in [6.45, 7) is 1.85. The second kappa shape index (κ2) is 4.48. The lowest BCUT2D eigenvalue weighted by atomic mass is 10.5. The number of nitrogens with one attached hydrogen (secondary N) is 1. The molecule has 13 heavy (non-hydrogen) atoms. The van der Waals surface area contributed by atoms with E-state index in [4.69, 9.17) is 0 Å². The molecule has 2 rings (SSSR count). The van der Waals surface area contributed by atoms with Gasteiger partial charge in [-0.25, -0.2) is 0 Å². The van der Waals surface area contributed by atoms with Crippen molar-refractivity contribution >= 4 is 44.2 Å².